The second kappa shape index (κ2) is 10.2. The molecule has 1 aromatic carbocycles. The molecule has 0 bridgehead atoms. The zero-order valence-corrected chi connectivity index (χ0v) is 15.9. The highest BCUT2D eigenvalue weighted by Gasteiger charge is 2.16. The highest BCUT2D eigenvalue weighted by Crippen LogP contribution is 2.29. The van der Waals surface area contributed by atoms with Crippen LogP contribution in [0, 0.1) is 0 Å². The highest BCUT2D eigenvalue weighted by molar-refractivity contribution is 6.33. The van der Waals surface area contributed by atoms with Gasteiger partial charge in [-0.05, 0) is 50.2 Å². The van der Waals surface area contributed by atoms with Crippen molar-refractivity contribution in [3.05, 3.63) is 46.6 Å². The van der Waals surface area contributed by atoms with Crippen molar-refractivity contribution in [2.45, 2.75) is 20.0 Å². The van der Waals surface area contributed by atoms with Gasteiger partial charge in [0.05, 0.1) is 6.61 Å². The van der Waals surface area contributed by atoms with Gasteiger partial charge in [-0.15, -0.1) is 0 Å². The maximum atomic E-state index is 11.8. The zero-order valence-electron chi connectivity index (χ0n) is 14.4. The summed E-state index contributed by atoms with van der Waals surface area (Å²) in [5.41, 5.74) is 0. The monoisotopic (exact) mass is 399 g/mol. The fraction of sp³-hybridized carbons (Fsp3) is 0.333. The van der Waals surface area contributed by atoms with E-state index in [9.17, 15) is 4.79 Å². The molecule has 0 unspecified atom stereocenters. The smallest absolute Gasteiger partial charge is 0.347 e. The summed E-state index contributed by atoms with van der Waals surface area (Å²) in [7, 11) is 0. The Morgan fingerprint density at radius 3 is 2.46 bits per heavy atom. The molecule has 8 heteroatoms. The van der Waals surface area contributed by atoms with Gasteiger partial charge >= 0.3 is 5.97 Å². The first-order valence-electron chi connectivity index (χ1n) is 8.00. The van der Waals surface area contributed by atoms with Crippen molar-refractivity contribution >= 4 is 29.2 Å². The third-order valence-electron chi connectivity index (χ3n) is 3.14. The summed E-state index contributed by atoms with van der Waals surface area (Å²) in [4.78, 5) is 15.8. The number of esters is 1. The Morgan fingerprint density at radius 2 is 1.77 bits per heavy atom. The third kappa shape index (κ3) is 6.37. The molecular weight excluding hydrogens is 381 g/mol. The molecule has 1 atom stereocenters. The molecule has 2 rings (SSSR count). The van der Waals surface area contributed by atoms with Gasteiger partial charge in [0.15, 0.2) is 6.10 Å². The predicted octanol–water partition coefficient (Wildman–Crippen LogP) is 4.53. The van der Waals surface area contributed by atoms with Crippen molar-refractivity contribution in [3.63, 3.8) is 0 Å². The molecule has 2 aromatic rings. The summed E-state index contributed by atoms with van der Waals surface area (Å²) in [6, 6.07) is 9.84. The van der Waals surface area contributed by atoms with Gasteiger partial charge in [-0.2, -0.15) is 4.98 Å². The van der Waals surface area contributed by atoms with Crippen LogP contribution >= 0.6 is 23.2 Å². The number of benzene rings is 1. The number of pyridine rings is 1. The Kier molecular flexibility index (Phi) is 7.97. The number of aromatic nitrogens is 1. The molecule has 1 heterocycles. The molecule has 1 aromatic heterocycles. The van der Waals surface area contributed by atoms with Crippen LogP contribution in [0.1, 0.15) is 13.8 Å². The lowest BCUT2D eigenvalue weighted by Crippen LogP contribution is -2.27. The van der Waals surface area contributed by atoms with E-state index in [4.69, 9.17) is 42.1 Å². The number of ether oxygens (including phenoxy) is 4. The number of carbonyl (C=O) groups excluding carboxylic acids is 1. The van der Waals surface area contributed by atoms with E-state index >= 15 is 0 Å². The average molecular weight is 400 g/mol. The number of carbonyl (C=O) groups is 1. The minimum Gasteiger partial charge on any atom is -0.479 e. The fourth-order valence-electron chi connectivity index (χ4n) is 1.89. The first-order chi connectivity index (χ1) is 12.5. The Hall–Kier alpha value is -2.02. The average Bonchev–Trinajstić information content (AvgIpc) is 2.63. The van der Waals surface area contributed by atoms with Crippen LogP contribution in [0.3, 0.4) is 0 Å². The van der Waals surface area contributed by atoms with Gasteiger partial charge in [0, 0.05) is 6.61 Å². The molecule has 0 aliphatic rings. The molecule has 0 amide bonds. The van der Waals surface area contributed by atoms with Gasteiger partial charge in [-0.25, -0.2) is 4.79 Å². The number of hydrogen-bond acceptors (Lipinski definition) is 6. The number of rotatable bonds is 9. The zero-order chi connectivity index (χ0) is 18.9. The molecule has 0 saturated heterocycles. The first kappa shape index (κ1) is 20.3. The SMILES string of the molecule is CCOCCOC(=O)[C@H](C)Oc1ccc(Oc2nc(Cl)ccc2Cl)cc1. The standard InChI is InChI=1S/C18H19Cl2NO5/c1-3-23-10-11-24-18(22)12(2)25-13-4-6-14(7-5-13)26-17-15(19)8-9-16(20)21-17/h4-9,12H,3,10-11H2,1-2H3/t12-/m0/s1. The fourth-order valence-corrected chi connectivity index (χ4v) is 2.17. The van der Waals surface area contributed by atoms with Crippen molar-refractivity contribution < 1.29 is 23.7 Å². The van der Waals surface area contributed by atoms with Crippen LogP contribution in [-0.4, -0.2) is 36.9 Å². The van der Waals surface area contributed by atoms with Gasteiger partial charge < -0.3 is 18.9 Å². The summed E-state index contributed by atoms with van der Waals surface area (Å²) in [6.07, 6.45) is -0.743. The lowest BCUT2D eigenvalue weighted by Gasteiger charge is -2.14. The molecule has 26 heavy (non-hydrogen) atoms. The Balaban J connectivity index is 1.88. The van der Waals surface area contributed by atoms with Crippen molar-refractivity contribution in [1.82, 2.24) is 4.98 Å². The Labute approximate surface area is 161 Å². The molecule has 0 radical (unpaired) electrons. The quantitative estimate of drug-likeness (QED) is 0.350. The molecular formula is C18H19Cl2NO5. The summed E-state index contributed by atoms with van der Waals surface area (Å²) < 4.78 is 21.3. The Morgan fingerprint density at radius 1 is 1.08 bits per heavy atom. The van der Waals surface area contributed by atoms with E-state index in [0.29, 0.717) is 29.7 Å². The van der Waals surface area contributed by atoms with Crippen LogP contribution in [0.15, 0.2) is 36.4 Å². The van der Waals surface area contributed by atoms with Crippen molar-refractivity contribution in [3.8, 4) is 17.4 Å². The molecule has 0 N–H and O–H groups in total. The van der Waals surface area contributed by atoms with Gasteiger partial charge in [-0.3, -0.25) is 0 Å². The number of nitrogens with zero attached hydrogens (tertiary/aromatic N) is 1. The van der Waals surface area contributed by atoms with Crippen molar-refractivity contribution in [2.75, 3.05) is 19.8 Å². The Bertz CT molecular complexity index is 724. The summed E-state index contributed by atoms with van der Waals surface area (Å²) >= 11 is 11.8. The largest absolute Gasteiger partial charge is 0.479 e. The second-order valence-electron chi connectivity index (χ2n) is 5.12. The molecule has 0 spiro atoms. The van der Waals surface area contributed by atoms with E-state index in [1.165, 1.54) is 0 Å². The van der Waals surface area contributed by atoms with Crippen molar-refractivity contribution in [1.29, 1.82) is 0 Å². The van der Waals surface area contributed by atoms with Crippen LogP contribution in [-0.2, 0) is 14.3 Å². The van der Waals surface area contributed by atoms with Gasteiger partial charge in [0.2, 0.25) is 5.88 Å². The third-order valence-corrected chi connectivity index (χ3v) is 3.64. The summed E-state index contributed by atoms with van der Waals surface area (Å²) in [6.45, 7) is 4.62. The second-order valence-corrected chi connectivity index (χ2v) is 5.91. The van der Waals surface area contributed by atoms with Crippen LogP contribution in [0.4, 0.5) is 0 Å². The van der Waals surface area contributed by atoms with E-state index in [1.807, 2.05) is 6.92 Å². The van der Waals surface area contributed by atoms with Gasteiger partial charge in [0.1, 0.15) is 28.3 Å². The maximum absolute atomic E-state index is 11.8. The molecule has 6 nitrogen and oxygen atoms in total. The minimum atomic E-state index is -0.743. The predicted molar refractivity (Wildman–Crippen MR) is 98.3 cm³/mol. The maximum Gasteiger partial charge on any atom is 0.347 e. The lowest BCUT2D eigenvalue weighted by atomic mass is 10.3. The number of hydrogen-bond donors (Lipinski definition) is 0. The van der Waals surface area contributed by atoms with Crippen LogP contribution in [0.25, 0.3) is 0 Å². The van der Waals surface area contributed by atoms with Gasteiger partial charge in [0.25, 0.3) is 0 Å². The lowest BCUT2D eigenvalue weighted by molar-refractivity contribution is -0.152. The van der Waals surface area contributed by atoms with E-state index in [-0.39, 0.29) is 17.6 Å². The summed E-state index contributed by atoms with van der Waals surface area (Å²) in [5.74, 6) is 0.747. The minimum absolute atomic E-state index is 0.195. The number of halogens is 2. The van der Waals surface area contributed by atoms with Crippen molar-refractivity contribution in [2.24, 2.45) is 0 Å². The molecule has 140 valence electrons. The molecule has 0 saturated carbocycles. The summed E-state index contributed by atoms with van der Waals surface area (Å²) in [5, 5.41) is 0.624. The van der Waals surface area contributed by atoms with E-state index < -0.39 is 12.1 Å². The normalized spacial score (nSPS) is 11.7. The molecule has 0 aliphatic carbocycles. The first-order valence-corrected chi connectivity index (χ1v) is 8.76. The van der Waals surface area contributed by atoms with E-state index in [2.05, 4.69) is 4.98 Å². The topological polar surface area (TPSA) is 66.9 Å². The molecule has 0 aliphatic heterocycles. The van der Waals surface area contributed by atoms with Crippen LogP contribution in [0.5, 0.6) is 17.4 Å². The molecule has 0 fully saturated rings. The highest BCUT2D eigenvalue weighted by atomic mass is 35.5. The van der Waals surface area contributed by atoms with Crippen LogP contribution < -0.4 is 9.47 Å². The van der Waals surface area contributed by atoms with Gasteiger partial charge in [-0.1, -0.05) is 23.2 Å². The van der Waals surface area contributed by atoms with E-state index in [0.717, 1.165) is 0 Å². The van der Waals surface area contributed by atoms with Crippen LogP contribution in [0.2, 0.25) is 10.2 Å². The van der Waals surface area contributed by atoms with E-state index in [1.54, 1.807) is 43.3 Å².